The van der Waals surface area contributed by atoms with Gasteiger partial charge in [0.1, 0.15) is 34.4 Å². The molecule has 3 aliphatic rings. The standard InChI is InChI=1S/C26H27F2N3O4.C22H20F2N2O5/c1-16(29(2)20-13-18(27)12-19(28)14-20)21-10-17(26(33)31-4-3-5-31)11-22-23(32)15-24(35-25(21)22)30-6-8-34-9-7-30;1-12(25-16-9-14(23)8-15(24)10-16)17-6-13(22(28)29)7-18-19(27)11-20(31-21(17)18)26-2-4-30-5-3-26/h10-16H,3-9H2,1-2H3;6-12,25H,2-5H2,1H3,(H,28,29). The lowest BCUT2D eigenvalue weighted by Gasteiger charge is -2.32. The molecule has 0 spiro atoms. The fourth-order valence-corrected chi connectivity index (χ4v) is 8.14. The lowest BCUT2D eigenvalue weighted by atomic mass is 9.98. The van der Waals surface area contributed by atoms with Gasteiger partial charge in [-0.15, -0.1) is 0 Å². The number of aromatic carboxylic acids is 1. The number of likely N-dealkylation sites (tertiary alicyclic amines) is 1. The molecule has 2 aromatic heterocycles. The van der Waals surface area contributed by atoms with Gasteiger partial charge in [0, 0.05) is 98.6 Å². The van der Waals surface area contributed by atoms with Crippen LogP contribution >= 0.6 is 0 Å². The van der Waals surface area contributed by atoms with E-state index in [1.807, 2.05) is 16.7 Å². The molecule has 3 aliphatic heterocycles. The summed E-state index contributed by atoms with van der Waals surface area (Å²) >= 11 is 0. The average molecular weight is 914 g/mol. The number of carbonyl (C=O) groups is 2. The van der Waals surface area contributed by atoms with E-state index in [1.165, 1.54) is 36.4 Å². The highest BCUT2D eigenvalue weighted by Crippen LogP contribution is 2.35. The van der Waals surface area contributed by atoms with Crippen LogP contribution in [0.15, 0.2) is 91.2 Å². The Hall–Kier alpha value is -6.92. The molecule has 0 bridgehead atoms. The van der Waals surface area contributed by atoms with Crippen LogP contribution in [-0.2, 0) is 9.47 Å². The maximum absolute atomic E-state index is 13.9. The number of carbonyl (C=O) groups excluding carboxylic acids is 1. The first-order valence-corrected chi connectivity index (χ1v) is 21.5. The molecule has 1 amide bonds. The van der Waals surface area contributed by atoms with Crippen molar-refractivity contribution in [1.82, 2.24) is 4.90 Å². The van der Waals surface area contributed by atoms with Crippen molar-refractivity contribution >= 4 is 57.0 Å². The van der Waals surface area contributed by atoms with Gasteiger partial charge in [-0.05, 0) is 68.8 Å². The van der Waals surface area contributed by atoms with Crippen LogP contribution in [0.5, 0.6) is 0 Å². The fraction of sp³-hybridized carbons (Fsp3) is 0.333. The maximum Gasteiger partial charge on any atom is 0.335 e. The molecule has 2 unspecified atom stereocenters. The molecule has 0 saturated carbocycles. The van der Waals surface area contributed by atoms with E-state index >= 15 is 0 Å². The summed E-state index contributed by atoms with van der Waals surface area (Å²) in [6.45, 7) is 9.21. The van der Waals surface area contributed by atoms with Gasteiger partial charge < -0.3 is 48.3 Å². The summed E-state index contributed by atoms with van der Waals surface area (Å²) in [7, 11) is 1.71. The summed E-state index contributed by atoms with van der Waals surface area (Å²) in [6.07, 6.45) is 0.946. The molecular weight excluding hydrogens is 867 g/mol. The number of morpholine rings is 2. The Kier molecular flexibility index (Phi) is 13.3. The van der Waals surface area contributed by atoms with E-state index in [-0.39, 0.29) is 39.0 Å². The van der Waals surface area contributed by atoms with Crippen LogP contribution in [0.3, 0.4) is 0 Å². The number of hydrogen-bond acceptors (Lipinski definition) is 12. The number of nitrogens with zero attached hydrogens (tertiary/aromatic N) is 4. The number of benzene rings is 4. The Labute approximate surface area is 375 Å². The van der Waals surface area contributed by atoms with Crippen LogP contribution in [-0.4, -0.2) is 94.6 Å². The van der Waals surface area contributed by atoms with Crippen molar-refractivity contribution in [3.05, 3.63) is 139 Å². The predicted molar refractivity (Wildman–Crippen MR) is 240 cm³/mol. The van der Waals surface area contributed by atoms with E-state index in [0.717, 1.165) is 30.7 Å². The quantitative estimate of drug-likeness (QED) is 0.129. The highest BCUT2D eigenvalue weighted by molar-refractivity contribution is 5.99. The van der Waals surface area contributed by atoms with Crippen LogP contribution in [0.1, 0.15) is 64.2 Å². The van der Waals surface area contributed by atoms with Gasteiger partial charge in [0.15, 0.2) is 22.6 Å². The van der Waals surface area contributed by atoms with E-state index in [2.05, 4.69) is 5.32 Å². The first kappa shape index (κ1) is 45.6. The molecule has 9 rings (SSSR count). The second kappa shape index (κ2) is 19.3. The molecule has 0 aliphatic carbocycles. The second-order valence-electron chi connectivity index (χ2n) is 16.4. The van der Waals surface area contributed by atoms with E-state index < -0.39 is 41.3 Å². The molecule has 0 radical (unpaired) electrons. The molecule has 4 aromatic carbocycles. The molecule has 2 atom stereocenters. The lowest BCUT2D eigenvalue weighted by Crippen LogP contribution is -2.42. The molecule has 14 nitrogen and oxygen atoms in total. The summed E-state index contributed by atoms with van der Waals surface area (Å²) in [4.78, 5) is 57.9. The fourth-order valence-electron chi connectivity index (χ4n) is 8.14. The molecule has 5 heterocycles. The third kappa shape index (κ3) is 9.84. The van der Waals surface area contributed by atoms with Crippen molar-refractivity contribution in [1.29, 1.82) is 0 Å². The number of anilines is 4. The molecule has 6 aromatic rings. The Balaban J connectivity index is 0.000000181. The highest BCUT2D eigenvalue weighted by Gasteiger charge is 2.28. The van der Waals surface area contributed by atoms with Crippen molar-refractivity contribution in [3.8, 4) is 0 Å². The monoisotopic (exact) mass is 913 g/mol. The Morgan fingerprint density at radius 2 is 1.11 bits per heavy atom. The van der Waals surface area contributed by atoms with E-state index in [0.29, 0.717) is 111 Å². The van der Waals surface area contributed by atoms with Gasteiger partial charge in [0.25, 0.3) is 5.91 Å². The van der Waals surface area contributed by atoms with Crippen molar-refractivity contribution in [2.45, 2.75) is 32.4 Å². The van der Waals surface area contributed by atoms with Gasteiger partial charge in [-0.25, -0.2) is 22.4 Å². The molecule has 3 fully saturated rings. The smallest absolute Gasteiger partial charge is 0.335 e. The van der Waals surface area contributed by atoms with Crippen LogP contribution in [0.4, 0.5) is 40.7 Å². The van der Waals surface area contributed by atoms with Crippen molar-refractivity contribution in [2.75, 3.05) is 92.8 Å². The number of amides is 1. The van der Waals surface area contributed by atoms with Gasteiger partial charge in [-0.2, -0.15) is 0 Å². The molecule has 2 N–H and O–H groups in total. The minimum atomic E-state index is -1.20. The Morgan fingerprint density at radius 1 is 0.636 bits per heavy atom. The first-order chi connectivity index (χ1) is 31.6. The van der Waals surface area contributed by atoms with Crippen molar-refractivity contribution < 1.29 is 50.6 Å². The second-order valence-corrected chi connectivity index (χ2v) is 16.4. The van der Waals surface area contributed by atoms with Crippen molar-refractivity contribution in [3.63, 3.8) is 0 Å². The number of rotatable bonds is 10. The topological polar surface area (TPSA) is 158 Å². The van der Waals surface area contributed by atoms with Gasteiger partial charge in [0.05, 0.1) is 54.8 Å². The van der Waals surface area contributed by atoms with Crippen LogP contribution in [0.25, 0.3) is 21.9 Å². The van der Waals surface area contributed by atoms with Crippen LogP contribution < -0.4 is 30.9 Å². The minimum absolute atomic E-state index is 0.0898. The van der Waals surface area contributed by atoms with Crippen LogP contribution in [0.2, 0.25) is 0 Å². The zero-order valence-corrected chi connectivity index (χ0v) is 36.4. The lowest BCUT2D eigenvalue weighted by molar-refractivity contribution is 0.0650. The summed E-state index contributed by atoms with van der Waals surface area (Å²) in [5, 5.41) is 12.9. The number of carboxylic acid groups (broad SMARTS) is 1. The normalized spacial score (nSPS) is 16.0. The van der Waals surface area contributed by atoms with E-state index in [1.54, 1.807) is 35.9 Å². The van der Waals surface area contributed by atoms with Gasteiger partial charge in [-0.3, -0.25) is 14.4 Å². The first-order valence-electron chi connectivity index (χ1n) is 21.5. The van der Waals surface area contributed by atoms with E-state index in [9.17, 15) is 41.8 Å². The average Bonchev–Trinajstić information content (AvgIpc) is 3.27. The minimum Gasteiger partial charge on any atom is -0.478 e. The maximum atomic E-state index is 13.9. The van der Waals surface area contributed by atoms with Gasteiger partial charge >= 0.3 is 5.97 Å². The number of carboxylic acids is 1. The molecule has 18 heteroatoms. The summed E-state index contributed by atoms with van der Waals surface area (Å²) < 4.78 is 78.1. The number of hydrogen-bond donors (Lipinski definition) is 2. The third-order valence-electron chi connectivity index (χ3n) is 12.0. The molecule has 66 heavy (non-hydrogen) atoms. The van der Waals surface area contributed by atoms with Gasteiger partial charge in [0.2, 0.25) is 0 Å². The predicted octanol–water partition coefficient (Wildman–Crippen LogP) is 7.73. The number of nitrogens with one attached hydrogen (secondary N) is 1. The number of ether oxygens (including phenoxy) is 2. The van der Waals surface area contributed by atoms with Crippen LogP contribution in [0, 0.1) is 23.3 Å². The summed E-state index contributed by atoms with van der Waals surface area (Å²) in [5.74, 6) is -3.44. The molecule has 346 valence electrons. The highest BCUT2D eigenvalue weighted by atomic mass is 19.1. The third-order valence-corrected chi connectivity index (χ3v) is 12.0. The Bertz CT molecular complexity index is 2890. The number of fused-ring (bicyclic) bond motifs is 2. The van der Waals surface area contributed by atoms with Gasteiger partial charge in [-0.1, -0.05) is 0 Å². The molecular formula is C48H47F4N5O9. The molecule has 3 saturated heterocycles. The summed E-state index contributed by atoms with van der Waals surface area (Å²) in [5.41, 5.74) is 1.72. The zero-order valence-electron chi connectivity index (χ0n) is 36.4. The van der Waals surface area contributed by atoms with E-state index in [4.69, 9.17) is 18.3 Å². The largest absolute Gasteiger partial charge is 0.478 e. The zero-order chi connectivity index (χ0) is 46.8. The Morgan fingerprint density at radius 3 is 1.59 bits per heavy atom. The number of halogens is 4. The van der Waals surface area contributed by atoms with Crippen molar-refractivity contribution in [2.24, 2.45) is 0 Å². The SMILES string of the molecule is CC(Nc1cc(F)cc(F)c1)c1cc(C(=O)O)cc2c(=O)cc(N3CCOCC3)oc12.CC(c1cc(C(=O)N2CCC2)cc2c(=O)cc(N3CCOCC3)oc12)N(C)c1cc(F)cc(F)c1. The summed E-state index contributed by atoms with van der Waals surface area (Å²) in [6, 6.07) is 14.0.